The SMILES string of the molecule is CNCc1cc(S(=O)(=O)N(C)Cc2cccnc2)c[nH]1. The van der Waals surface area contributed by atoms with E-state index < -0.39 is 10.0 Å². The zero-order valence-electron chi connectivity index (χ0n) is 11.5. The van der Waals surface area contributed by atoms with Gasteiger partial charge in [0.05, 0.1) is 4.90 Å². The van der Waals surface area contributed by atoms with E-state index in [4.69, 9.17) is 0 Å². The molecule has 0 aliphatic rings. The van der Waals surface area contributed by atoms with Crippen LogP contribution >= 0.6 is 0 Å². The topological polar surface area (TPSA) is 78.1 Å². The monoisotopic (exact) mass is 294 g/mol. The minimum absolute atomic E-state index is 0.272. The van der Waals surface area contributed by atoms with Crippen LogP contribution in [0.3, 0.4) is 0 Å². The van der Waals surface area contributed by atoms with E-state index in [0.717, 1.165) is 11.3 Å². The third-order valence-electron chi connectivity index (χ3n) is 2.92. The Balaban J connectivity index is 2.16. The van der Waals surface area contributed by atoms with Crippen molar-refractivity contribution in [2.24, 2.45) is 0 Å². The first-order valence-corrected chi connectivity index (χ1v) is 7.65. The zero-order valence-corrected chi connectivity index (χ0v) is 12.3. The Kier molecular flexibility index (Phi) is 4.53. The minimum atomic E-state index is -3.49. The summed E-state index contributed by atoms with van der Waals surface area (Å²) < 4.78 is 26.2. The first kappa shape index (κ1) is 14.7. The number of nitrogens with zero attached hydrogens (tertiary/aromatic N) is 2. The molecule has 0 unspecified atom stereocenters. The highest BCUT2D eigenvalue weighted by molar-refractivity contribution is 7.89. The van der Waals surface area contributed by atoms with Crippen LogP contribution in [0, 0.1) is 0 Å². The maximum atomic E-state index is 12.4. The van der Waals surface area contributed by atoms with E-state index in [1.807, 2.05) is 13.1 Å². The van der Waals surface area contributed by atoms with Gasteiger partial charge >= 0.3 is 0 Å². The maximum Gasteiger partial charge on any atom is 0.244 e. The number of aromatic amines is 1. The lowest BCUT2D eigenvalue weighted by molar-refractivity contribution is 0.466. The summed E-state index contributed by atoms with van der Waals surface area (Å²) in [6, 6.07) is 5.28. The third kappa shape index (κ3) is 3.24. The van der Waals surface area contributed by atoms with Gasteiger partial charge in [0.2, 0.25) is 10.0 Å². The van der Waals surface area contributed by atoms with E-state index in [1.165, 1.54) is 10.5 Å². The highest BCUT2D eigenvalue weighted by Gasteiger charge is 2.22. The number of H-pyrrole nitrogens is 1. The Morgan fingerprint density at radius 2 is 2.25 bits per heavy atom. The van der Waals surface area contributed by atoms with Crippen molar-refractivity contribution >= 4 is 10.0 Å². The van der Waals surface area contributed by atoms with Gasteiger partial charge in [0.1, 0.15) is 0 Å². The van der Waals surface area contributed by atoms with Gasteiger partial charge in [0, 0.05) is 44.4 Å². The second kappa shape index (κ2) is 6.17. The van der Waals surface area contributed by atoms with E-state index in [1.54, 1.807) is 31.6 Å². The number of rotatable bonds is 6. The predicted molar refractivity (Wildman–Crippen MR) is 76.4 cm³/mol. The normalized spacial score (nSPS) is 11.9. The molecule has 0 spiro atoms. The fourth-order valence-corrected chi connectivity index (χ4v) is 3.05. The molecule has 0 amide bonds. The summed E-state index contributed by atoms with van der Waals surface area (Å²) >= 11 is 0. The van der Waals surface area contributed by atoms with Crippen molar-refractivity contribution < 1.29 is 8.42 Å². The minimum Gasteiger partial charge on any atom is -0.363 e. The smallest absolute Gasteiger partial charge is 0.244 e. The van der Waals surface area contributed by atoms with Crippen molar-refractivity contribution in [1.82, 2.24) is 19.6 Å². The molecule has 108 valence electrons. The summed E-state index contributed by atoms with van der Waals surface area (Å²) in [6.07, 6.45) is 4.84. The molecule has 0 aromatic carbocycles. The van der Waals surface area contributed by atoms with Crippen LogP contribution in [-0.2, 0) is 23.1 Å². The quantitative estimate of drug-likeness (QED) is 0.831. The molecule has 0 aliphatic heterocycles. The first-order valence-electron chi connectivity index (χ1n) is 6.21. The second-order valence-electron chi connectivity index (χ2n) is 4.51. The van der Waals surface area contributed by atoms with Crippen LogP contribution < -0.4 is 5.32 Å². The van der Waals surface area contributed by atoms with Gasteiger partial charge in [-0.25, -0.2) is 8.42 Å². The first-order chi connectivity index (χ1) is 9.54. The average Bonchev–Trinajstić information content (AvgIpc) is 2.89. The fraction of sp³-hybridized carbons (Fsp3) is 0.308. The van der Waals surface area contributed by atoms with Crippen LogP contribution in [0.15, 0.2) is 41.7 Å². The Morgan fingerprint density at radius 3 is 2.90 bits per heavy atom. The highest BCUT2D eigenvalue weighted by atomic mass is 32.2. The molecule has 0 bridgehead atoms. The van der Waals surface area contributed by atoms with Crippen molar-refractivity contribution in [2.75, 3.05) is 14.1 Å². The fourth-order valence-electron chi connectivity index (χ4n) is 1.87. The summed E-state index contributed by atoms with van der Waals surface area (Å²) in [4.78, 5) is 7.21. The van der Waals surface area contributed by atoms with Crippen molar-refractivity contribution in [2.45, 2.75) is 18.0 Å². The van der Waals surface area contributed by atoms with Crippen LogP contribution in [0.1, 0.15) is 11.3 Å². The lowest BCUT2D eigenvalue weighted by Gasteiger charge is -2.15. The highest BCUT2D eigenvalue weighted by Crippen LogP contribution is 2.17. The molecule has 0 radical (unpaired) electrons. The molecule has 0 saturated carbocycles. The van der Waals surface area contributed by atoms with Crippen molar-refractivity contribution in [3.05, 3.63) is 48.0 Å². The molecule has 2 aromatic rings. The van der Waals surface area contributed by atoms with Gasteiger partial charge < -0.3 is 10.3 Å². The molecule has 7 heteroatoms. The van der Waals surface area contributed by atoms with Crippen LogP contribution in [0.25, 0.3) is 0 Å². The van der Waals surface area contributed by atoms with E-state index in [-0.39, 0.29) is 4.90 Å². The van der Waals surface area contributed by atoms with Gasteiger partial charge in [0.15, 0.2) is 0 Å². The molecular weight excluding hydrogens is 276 g/mol. The predicted octanol–water partition coefficient (Wildman–Crippen LogP) is 0.950. The number of hydrogen-bond acceptors (Lipinski definition) is 4. The summed E-state index contributed by atoms with van der Waals surface area (Å²) in [5.41, 5.74) is 1.69. The van der Waals surface area contributed by atoms with Gasteiger partial charge in [-0.1, -0.05) is 6.07 Å². The summed E-state index contributed by atoms with van der Waals surface area (Å²) in [5, 5.41) is 2.97. The lowest BCUT2D eigenvalue weighted by Crippen LogP contribution is -2.26. The number of nitrogens with one attached hydrogen (secondary N) is 2. The molecule has 20 heavy (non-hydrogen) atoms. The Bertz CT molecular complexity index is 652. The molecule has 0 atom stereocenters. The molecule has 2 N–H and O–H groups in total. The van der Waals surface area contributed by atoms with Gasteiger partial charge in [-0.2, -0.15) is 4.31 Å². The van der Waals surface area contributed by atoms with Crippen molar-refractivity contribution in [1.29, 1.82) is 0 Å². The van der Waals surface area contributed by atoms with Crippen LogP contribution in [0.5, 0.6) is 0 Å². The molecular formula is C13H18N4O2S. The number of hydrogen-bond donors (Lipinski definition) is 2. The molecule has 0 aliphatic carbocycles. The van der Waals surface area contributed by atoms with Gasteiger partial charge in [0.25, 0.3) is 0 Å². The van der Waals surface area contributed by atoms with Crippen molar-refractivity contribution in [3.63, 3.8) is 0 Å². The molecule has 2 aromatic heterocycles. The van der Waals surface area contributed by atoms with Crippen LogP contribution in [-0.4, -0.2) is 36.8 Å². The van der Waals surface area contributed by atoms with Crippen LogP contribution in [0.2, 0.25) is 0 Å². The molecule has 0 fully saturated rings. The zero-order chi connectivity index (χ0) is 14.6. The van der Waals surface area contributed by atoms with E-state index >= 15 is 0 Å². The lowest BCUT2D eigenvalue weighted by atomic mass is 10.3. The van der Waals surface area contributed by atoms with E-state index in [2.05, 4.69) is 15.3 Å². The third-order valence-corrected chi connectivity index (χ3v) is 4.70. The van der Waals surface area contributed by atoms with E-state index in [0.29, 0.717) is 13.1 Å². The second-order valence-corrected chi connectivity index (χ2v) is 6.56. The van der Waals surface area contributed by atoms with Gasteiger partial charge in [-0.15, -0.1) is 0 Å². The molecule has 2 heterocycles. The Morgan fingerprint density at radius 1 is 1.45 bits per heavy atom. The maximum absolute atomic E-state index is 12.4. The Hall–Kier alpha value is -1.70. The summed E-state index contributed by atoms with van der Waals surface area (Å²) in [5.74, 6) is 0. The number of pyridine rings is 1. The molecule has 6 nitrogen and oxygen atoms in total. The van der Waals surface area contributed by atoms with Crippen molar-refractivity contribution in [3.8, 4) is 0 Å². The van der Waals surface area contributed by atoms with E-state index in [9.17, 15) is 8.42 Å². The molecule has 0 saturated heterocycles. The van der Waals surface area contributed by atoms with Gasteiger partial charge in [-0.05, 0) is 24.7 Å². The standard InChI is InChI=1S/C13H18N4O2S/c1-14-8-12-6-13(9-16-12)20(18,19)17(2)10-11-4-3-5-15-7-11/h3-7,9,14,16H,8,10H2,1-2H3. The molecule has 2 rings (SSSR count). The number of sulfonamides is 1. The largest absolute Gasteiger partial charge is 0.363 e. The number of aromatic nitrogens is 2. The summed E-state index contributed by atoms with van der Waals surface area (Å²) in [7, 11) is -0.116. The Labute approximate surface area is 118 Å². The van der Waals surface area contributed by atoms with Crippen LogP contribution in [0.4, 0.5) is 0 Å². The van der Waals surface area contributed by atoms with Gasteiger partial charge in [-0.3, -0.25) is 4.98 Å². The average molecular weight is 294 g/mol. The summed E-state index contributed by atoms with van der Waals surface area (Å²) in [6.45, 7) is 0.893.